The van der Waals surface area contributed by atoms with Crippen molar-refractivity contribution in [2.45, 2.75) is 299 Å². The fraction of sp³-hybridized carbons (Fsp3) is 0.966. The van der Waals surface area contributed by atoms with Crippen molar-refractivity contribution in [1.29, 1.82) is 0 Å². The average Bonchev–Trinajstić information content (AvgIpc) is 3.31. The van der Waals surface area contributed by atoms with Crippen LogP contribution in [0.5, 0.6) is 0 Å². The molecule has 3 aliphatic rings. The van der Waals surface area contributed by atoms with Crippen LogP contribution in [0.2, 0.25) is 0 Å². The Hall–Kier alpha value is -1.62. The van der Waals surface area contributed by atoms with Crippen molar-refractivity contribution in [3.63, 3.8) is 0 Å². The second kappa shape index (κ2) is 30.6. The molecule has 18 nitrogen and oxygen atoms in total. The van der Waals surface area contributed by atoms with E-state index in [1.54, 1.807) is 41.5 Å². The molecule has 0 amide bonds. The number of hydrogen-bond donors (Lipinski definition) is 9. The maximum atomic E-state index is 13.4. The number of hydrogen-bond acceptors (Lipinski definition) is 18. The van der Waals surface area contributed by atoms with E-state index < -0.39 is 119 Å². The first-order chi connectivity index (χ1) is 34.1. The summed E-state index contributed by atoms with van der Waals surface area (Å²) in [4.78, 5) is 32.4. The molecule has 77 heavy (non-hydrogen) atoms. The highest BCUT2D eigenvalue weighted by Gasteiger charge is 2.51. The van der Waals surface area contributed by atoms with Crippen LogP contribution in [0.4, 0.5) is 0 Å². The Labute approximate surface area is 467 Å². The maximum Gasteiger partial charge on any atom is 0.311 e. The van der Waals surface area contributed by atoms with Crippen molar-refractivity contribution in [3.8, 4) is 0 Å². The summed E-state index contributed by atoms with van der Waals surface area (Å²) in [6.07, 6.45) is -8.06. The quantitative estimate of drug-likeness (QED) is 0.140. The van der Waals surface area contributed by atoms with E-state index in [0.717, 1.165) is 0 Å². The minimum Gasteiger partial charge on any atom is -0.459 e. The lowest BCUT2D eigenvalue weighted by molar-refractivity contribution is -0.299. The molecule has 0 aromatic rings. The van der Waals surface area contributed by atoms with Gasteiger partial charge in [-0.25, -0.2) is 0 Å². The van der Waals surface area contributed by atoms with Crippen LogP contribution in [-0.4, -0.2) is 214 Å². The molecule has 0 radical (unpaired) electrons. The average molecular weight is 1110 g/mol. The lowest BCUT2D eigenvalue weighted by Crippen LogP contribution is -2.60. The Morgan fingerprint density at radius 2 is 0.974 bits per heavy atom. The van der Waals surface area contributed by atoms with Crippen molar-refractivity contribution in [2.75, 3.05) is 27.2 Å². The van der Waals surface area contributed by atoms with Gasteiger partial charge < -0.3 is 69.8 Å². The Bertz CT molecular complexity index is 1730. The number of rotatable bonds is 7. The van der Waals surface area contributed by atoms with Crippen LogP contribution in [0.3, 0.4) is 0 Å². The van der Waals surface area contributed by atoms with E-state index in [-0.39, 0.29) is 75.6 Å². The van der Waals surface area contributed by atoms with E-state index in [1.165, 1.54) is 20.8 Å². The molecule has 24 atom stereocenters. The van der Waals surface area contributed by atoms with Gasteiger partial charge in [-0.2, -0.15) is 0 Å². The lowest BCUT2D eigenvalue weighted by Gasteiger charge is -2.47. The summed E-state index contributed by atoms with van der Waals surface area (Å²) < 4.78 is 23.9. The zero-order valence-corrected chi connectivity index (χ0v) is 50.5. The summed E-state index contributed by atoms with van der Waals surface area (Å²) in [5.41, 5.74) is -5.99. The summed E-state index contributed by atoms with van der Waals surface area (Å²) in [7, 11) is 3.76. The summed E-state index contributed by atoms with van der Waals surface area (Å²) in [5, 5.41) is 102. The van der Waals surface area contributed by atoms with E-state index in [0.29, 0.717) is 32.4 Å². The number of nitrogens with zero attached hydrogens (tertiary/aromatic N) is 3. The van der Waals surface area contributed by atoms with Crippen LogP contribution < -0.4 is 0 Å². The van der Waals surface area contributed by atoms with Crippen molar-refractivity contribution in [1.82, 2.24) is 14.7 Å². The summed E-state index contributed by atoms with van der Waals surface area (Å²) in [6, 6.07) is -1.06. The SMILES string of the molecule is C.C.CC[C@H]1OC(=O)[C@H](C)[C@@H](O)[C@H](C)[C@@H](C)[C@](C)(O)C[C@@H](C)CN(C(C)C)[C@H](C)[C@@H](O)[C@]1(C)O.CC[C@H]1OC(=O)[C@H](C)[C@@H](O)[C@H](C)[C@@H](O[C@@H]2O[C@H](C)C[C@H](N(C)C)[C@H]2O)[C@](C)(O)C[C@@H](C)CN(C(C)C)[C@H](C)[C@@H](O)[C@]1(C)O. The molecule has 0 aromatic carbocycles. The molecule has 3 fully saturated rings. The first kappa shape index (κ1) is 75.4. The number of aliphatic hydroxyl groups excluding tert-OH is 5. The number of aliphatic hydroxyl groups is 9. The highest BCUT2D eigenvalue weighted by Crippen LogP contribution is 2.39. The van der Waals surface area contributed by atoms with E-state index in [2.05, 4.69) is 16.7 Å². The molecule has 0 saturated carbocycles. The third kappa shape index (κ3) is 18.7. The molecule has 3 aliphatic heterocycles. The molecular formula is C59H119N3O15. The number of carbonyl (C=O) groups is 2. The normalized spacial score (nSPS) is 45.4. The summed E-state index contributed by atoms with van der Waals surface area (Å²) >= 11 is 0. The second-order valence-electron chi connectivity index (χ2n) is 25.6. The molecule has 0 aliphatic carbocycles. The lowest BCUT2D eigenvalue weighted by atomic mass is 9.73. The van der Waals surface area contributed by atoms with E-state index in [4.69, 9.17) is 18.9 Å². The molecule has 3 rings (SSSR count). The van der Waals surface area contributed by atoms with E-state index >= 15 is 0 Å². The molecule has 0 unspecified atom stereocenters. The monoisotopic (exact) mass is 1110 g/mol. The first-order valence-corrected chi connectivity index (χ1v) is 28.3. The highest BCUT2D eigenvalue weighted by atomic mass is 16.7. The molecule has 0 bridgehead atoms. The fourth-order valence-corrected chi connectivity index (χ4v) is 12.6. The van der Waals surface area contributed by atoms with Gasteiger partial charge in [-0.3, -0.25) is 19.4 Å². The van der Waals surface area contributed by atoms with Gasteiger partial charge in [0.1, 0.15) is 41.7 Å². The Balaban J connectivity index is 0.00000152. The van der Waals surface area contributed by atoms with Crippen LogP contribution >= 0.6 is 0 Å². The van der Waals surface area contributed by atoms with E-state index in [9.17, 15) is 55.5 Å². The molecule has 460 valence electrons. The van der Waals surface area contributed by atoms with Gasteiger partial charge in [-0.05, 0) is 160 Å². The minimum atomic E-state index is -1.76. The molecule has 9 N–H and O–H groups in total. The third-order valence-electron chi connectivity index (χ3n) is 17.9. The predicted octanol–water partition coefficient (Wildman–Crippen LogP) is 5.61. The van der Waals surface area contributed by atoms with Crippen LogP contribution in [0.1, 0.15) is 185 Å². The van der Waals surface area contributed by atoms with Gasteiger partial charge in [-0.15, -0.1) is 0 Å². The zero-order chi connectivity index (χ0) is 58.4. The minimum absolute atomic E-state index is 0. The smallest absolute Gasteiger partial charge is 0.311 e. The topological polar surface area (TPSA) is 263 Å². The van der Waals surface area contributed by atoms with Crippen LogP contribution in [-0.2, 0) is 28.5 Å². The van der Waals surface area contributed by atoms with Crippen LogP contribution in [0.25, 0.3) is 0 Å². The van der Waals surface area contributed by atoms with Crippen molar-refractivity contribution < 1.29 is 74.5 Å². The van der Waals surface area contributed by atoms with Gasteiger partial charge in [0.15, 0.2) is 6.29 Å². The molecule has 3 saturated heterocycles. The predicted molar refractivity (Wildman–Crippen MR) is 304 cm³/mol. The van der Waals surface area contributed by atoms with Gasteiger partial charge in [-0.1, -0.05) is 63.3 Å². The van der Waals surface area contributed by atoms with Gasteiger partial charge >= 0.3 is 11.9 Å². The second-order valence-corrected chi connectivity index (χ2v) is 25.6. The standard InChI is InChI=1S/C32H62N2O9.C25H49NO6.2CH4/c1-13-24-32(10,40)27(37)22(8)34(17(2)3)16-18(4)15-31(9,39)28(20(6)25(35)21(7)29(38)42-24)43-30-26(36)23(33(11)12)14-19(5)41-30;1-11-20-25(10,31)22(28)19(8)26(14(2)3)13-15(4)12-24(9,30)18(7)16(5)21(27)17(6)23(29)32-20;;/h17-28,30,35-37,39-40H,13-16H2,1-12H3;14-22,27-28,30-31H,11-13H2,1-10H3;2*1H4/t18-,19-,20+,21-,22-,23+,24-,25+,26-,27-,28-,30+,31-,32-;15-,16-,17-,18-,19-,20-,21+,22-,24-,25-;;/m11../s1. The fourth-order valence-electron chi connectivity index (χ4n) is 12.6. The van der Waals surface area contributed by atoms with Gasteiger partial charge in [0.2, 0.25) is 0 Å². The number of cyclic esters (lactones) is 2. The molecule has 18 heteroatoms. The van der Waals surface area contributed by atoms with Gasteiger partial charge in [0.05, 0.1) is 47.5 Å². The molecule has 3 heterocycles. The van der Waals surface area contributed by atoms with Crippen molar-refractivity contribution in [2.24, 2.45) is 41.4 Å². The Morgan fingerprint density at radius 3 is 1.32 bits per heavy atom. The number of likely N-dealkylation sites (N-methyl/N-ethyl adjacent to an activating group) is 1. The van der Waals surface area contributed by atoms with Gasteiger partial charge in [0, 0.05) is 49.2 Å². The third-order valence-corrected chi connectivity index (χ3v) is 17.9. The first-order valence-electron chi connectivity index (χ1n) is 28.3. The maximum absolute atomic E-state index is 13.4. The summed E-state index contributed by atoms with van der Waals surface area (Å²) in [5.74, 6) is -4.64. The van der Waals surface area contributed by atoms with Crippen LogP contribution in [0.15, 0.2) is 0 Å². The van der Waals surface area contributed by atoms with Crippen molar-refractivity contribution >= 4 is 11.9 Å². The number of carbonyl (C=O) groups excluding carboxylic acids is 2. The molecule has 0 spiro atoms. The number of esters is 2. The van der Waals surface area contributed by atoms with Crippen LogP contribution in [0, 0.1) is 41.4 Å². The largest absolute Gasteiger partial charge is 0.459 e. The Kier molecular flexibility index (Phi) is 30.0. The van der Waals surface area contributed by atoms with E-state index in [1.807, 2.05) is 88.2 Å². The van der Waals surface area contributed by atoms with Gasteiger partial charge in [0.25, 0.3) is 0 Å². The number of ether oxygens (including phenoxy) is 4. The molecule has 0 aromatic heterocycles. The summed E-state index contributed by atoms with van der Waals surface area (Å²) in [6.45, 7) is 37.4. The zero-order valence-electron chi connectivity index (χ0n) is 50.5. The highest BCUT2D eigenvalue weighted by molar-refractivity contribution is 5.73. The van der Waals surface area contributed by atoms with Crippen molar-refractivity contribution in [3.05, 3.63) is 0 Å². The Morgan fingerprint density at radius 1 is 0.610 bits per heavy atom. The molecular weight excluding hydrogens is 991 g/mol.